The maximum absolute atomic E-state index is 14.9. The molecule has 0 aliphatic carbocycles. The molecule has 0 saturated heterocycles. The van der Waals surface area contributed by atoms with Crippen LogP contribution < -0.4 is 16.4 Å². The van der Waals surface area contributed by atoms with Gasteiger partial charge in [0.1, 0.15) is 17.6 Å². The molecule has 9 heterocycles. The van der Waals surface area contributed by atoms with Crippen molar-refractivity contribution in [2.24, 2.45) is 0 Å². The number of carbonyl (C=O) groups excluding carboxylic acids is 2. The predicted octanol–water partition coefficient (Wildman–Crippen LogP) is 10.5. The highest BCUT2D eigenvalue weighted by molar-refractivity contribution is 9.10. The number of rotatable bonds is 12. The lowest BCUT2D eigenvalue weighted by Gasteiger charge is -2.30. The van der Waals surface area contributed by atoms with Crippen molar-refractivity contribution in [3.63, 3.8) is 0 Å². The third kappa shape index (κ3) is 10.0. The standard InChI is InChI=1S/C63H47Br2ClF3N15O4/c1-70-62-76-74-54-29-45(19-24-80(54)62)82-57-43(31-73-84(57)53-34-78(23-21-47(53)61(82)88)59(86)41-14-18-50(65)51(66)28-41)26-37-7-9-38(10-8-37)32-79-35-71-75-55(79)39-11-15-44(16-12-39)81-56-42(25-36-5-3-2-4-6-36)30-72-83(56)52-33-77(22-20-46(52)60(81)87)58(85)40-13-17-49(64)48(27-40)63(67,68)69/h2-19,24,27-31,35H,20-23,25-26,32-34H2,1H3,(H,70,76). The molecular weight excluding hydrogens is 1280 g/mol. The fraction of sp³-hybridized carbons (Fsp3) is 0.175. The molecule has 0 spiro atoms. The summed E-state index contributed by atoms with van der Waals surface area (Å²) in [6.45, 7) is 0.941. The molecule has 0 unspecified atom stereocenters. The fourth-order valence-corrected chi connectivity index (χ4v) is 12.8. The first-order valence-corrected chi connectivity index (χ1v) is 29.8. The zero-order valence-corrected chi connectivity index (χ0v) is 50.4. The maximum Gasteiger partial charge on any atom is 0.417 e. The molecule has 2 amide bonds. The van der Waals surface area contributed by atoms with E-state index in [1.165, 1.54) is 17.0 Å². The topological polar surface area (TPSA) is 192 Å². The molecule has 1 N–H and O–H groups in total. The number of aromatic nitrogens is 12. The number of alkyl halides is 3. The molecule has 19 nitrogen and oxygen atoms in total. The molecule has 0 fully saturated rings. The molecule has 0 atom stereocenters. The van der Waals surface area contributed by atoms with Crippen LogP contribution in [0.2, 0.25) is 5.02 Å². The van der Waals surface area contributed by atoms with Gasteiger partial charge < -0.3 is 19.7 Å². The van der Waals surface area contributed by atoms with Gasteiger partial charge in [0.2, 0.25) is 5.95 Å². The third-order valence-electron chi connectivity index (χ3n) is 16.3. The van der Waals surface area contributed by atoms with Crippen molar-refractivity contribution in [1.82, 2.24) is 67.5 Å². The highest BCUT2D eigenvalue weighted by atomic mass is 79.9. The smallest absolute Gasteiger partial charge is 0.357 e. The minimum Gasteiger partial charge on any atom is -0.357 e. The summed E-state index contributed by atoms with van der Waals surface area (Å²) in [5.41, 5.74) is 8.86. The lowest BCUT2D eigenvalue weighted by molar-refractivity contribution is -0.138. The first kappa shape index (κ1) is 56.3. The van der Waals surface area contributed by atoms with E-state index in [1.807, 2.05) is 102 Å². The summed E-state index contributed by atoms with van der Waals surface area (Å²) in [4.78, 5) is 60.8. The highest BCUT2D eigenvalue weighted by Crippen LogP contribution is 2.37. The number of halogens is 6. The number of nitrogens with one attached hydrogen (secondary N) is 1. The van der Waals surface area contributed by atoms with Crippen molar-refractivity contribution in [1.29, 1.82) is 0 Å². The number of hydrogen-bond donors (Lipinski definition) is 1. The monoisotopic (exact) mass is 1330 g/mol. The van der Waals surface area contributed by atoms with Gasteiger partial charge in [0.25, 0.3) is 22.9 Å². The van der Waals surface area contributed by atoms with Crippen LogP contribution in [-0.4, -0.2) is 99.5 Å². The summed E-state index contributed by atoms with van der Waals surface area (Å²) in [7, 11) is 1.76. The van der Waals surface area contributed by atoms with Gasteiger partial charge in [-0.05, 0) is 112 Å². The first-order chi connectivity index (χ1) is 42.6. The molecule has 7 aromatic heterocycles. The van der Waals surface area contributed by atoms with Gasteiger partial charge >= 0.3 is 6.18 Å². The van der Waals surface area contributed by atoms with Crippen molar-refractivity contribution in [3.05, 3.63) is 254 Å². The number of nitrogens with zero attached hydrogens (tertiary/aromatic N) is 14. The largest absolute Gasteiger partial charge is 0.417 e. The zero-order chi connectivity index (χ0) is 60.7. The van der Waals surface area contributed by atoms with Crippen molar-refractivity contribution in [2.45, 2.75) is 51.5 Å². The van der Waals surface area contributed by atoms with Crippen LogP contribution in [0.25, 0.3) is 39.7 Å². The molecule has 14 rings (SSSR count). The Bertz CT molecular complexity index is 4920. The van der Waals surface area contributed by atoms with Crippen LogP contribution in [0.1, 0.15) is 76.6 Å². The van der Waals surface area contributed by atoms with E-state index in [4.69, 9.17) is 21.8 Å². The van der Waals surface area contributed by atoms with Crippen LogP contribution in [0.4, 0.5) is 19.1 Å². The van der Waals surface area contributed by atoms with Gasteiger partial charge in [-0.15, -0.1) is 20.4 Å². The average molecular weight is 1330 g/mol. The number of carbonyl (C=O) groups is 2. The second-order valence-corrected chi connectivity index (χ2v) is 23.7. The van der Waals surface area contributed by atoms with Crippen molar-refractivity contribution >= 4 is 78.2 Å². The molecule has 25 heteroatoms. The molecular formula is C63H47Br2ClF3N15O4. The van der Waals surface area contributed by atoms with E-state index in [2.05, 4.69) is 57.6 Å². The second kappa shape index (κ2) is 22.3. The van der Waals surface area contributed by atoms with E-state index < -0.39 is 17.6 Å². The Hall–Kier alpha value is -9.52. The molecule has 2 aliphatic rings. The van der Waals surface area contributed by atoms with E-state index >= 15 is 0 Å². The van der Waals surface area contributed by atoms with Crippen LogP contribution in [-0.2, 0) is 51.5 Å². The molecule has 0 radical (unpaired) electrons. The molecule has 12 aromatic rings. The quantitative estimate of drug-likeness (QED) is 0.122. The normalized spacial score (nSPS) is 13.4. The van der Waals surface area contributed by atoms with Crippen LogP contribution >= 0.6 is 43.5 Å². The van der Waals surface area contributed by atoms with Crippen molar-refractivity contribution < 1.29 is 22.8 Å². The minimum atomic E-state index is -4.68. The van der Waals surface area contributed by atoms with Gasteiger partial charge in [-0.1, -0.05) is 82.1 Å². The fourth-order valence-electron chi connectivity index (χ4n) is 11.9. The van der Waals surface area contributed by atoms with E-state index in [9.17, 15) is 32.3 Å². The van der Waals surface area contributed by atoms with E-state index in [0.29, 0.717) is 110 Å². The van der Waals surface area contributed by atoms with Crippen LogP contribution in [0.5, 0.6) is 0 Å². The zero-order valence-electron chi connectivity index (χ0n) is 46.5. The Morgan fingerprint density at radius 3 is 1.83 bits per heavy atom. The molecule has 0 bridgehead atoms. The van der Waals surface area contributed by atoms with E-state index in [-0.39, 0.29) is 53.1 Å². The minimum absolute atomic E-state index is 0.0489. The number of amides is 2. The van der Waals surface area contributed by atoms with Crippen molar-refractivity contribution in [2.75, 3.05) is 25.5 Å². The van der Waals surface area contributed by atoms with Gasteiger partial charge in [-0.2, -0.15) is 23.4 Å². The number of pyridine rings is 1. The van der Waals surface area contributed by atoms with Gasteiger partial charge in [0, 0.05) is 93.1 Å². The summed E-state index contributed by atoms with van der Waals surface area (Å²) < 4.78 is 52.7. The Balaban J connectivity index is 0.746. The average Bonchev–Trinajstić information content (AvgIpc) is 2.17. The lowest BCUT2D eigenvalue weighted by Crippen LogP contribution is -2.41. The summed E-state index contributed by atoms with van der Waals surface area (Å²) in [5.74, 6) is 0.328. The summed E-state index contributed by atoms with van der Waals surface area (Å²) in [6.07, 6.45) is 3.59. The maximum atomic E-state index is 14.9. The Morgan fingerprint density at radius 2 is 1.23 bits per heavy atom. The summed E-state index contributed by atoms with van der Waals surface area (Å²) in [5, 5.41) is 30.6. The second-order valence-electron chi connectivity index (χ2n) is 21.6. The van der Waals surface area contributed by atoms with Crippen LogP contribution in [0, 0.1) is 0 Å². The van der Waals surface area contributed by atoms with E-state index in [1.54, 1.807) is 71.4 Å². The first-order valence-electron chi connectivity index (χ1n) is 27.9. The lowest BCUT2D eigenvalue weighted by atomic mass is 10.0. The highest BCUT2D eigenvalue weighted by Gasteiger charge is 2.36. The van der Waals surface area contributed by atoms with Crippen LogP contribution in [0.3, 0.4) is 0 Å². The molecule has 5 aromatic carbocycles. The van der Waals surface area contributed by atoms with Gasteiger partial charge in [0.05, 0.1) is 65.4 Å². The third-order valence-corrected chi connectivity index (χ3v) is 18.2. The summed E-state index contributed by atoms with van der Waals surface area (Å²) in [6, 6.07) is 37.5. The predicted molar refractivity (Wildman–Crippen MR) is 329 cm³/mol. The summed E-state index contributed by atoms with van der Waals surface area (Å²) >= 11 is 12.8. The Morgan fingerprint density at radius 1 is 0.648 bits per heavy atom. The van der Waals surface area contributed by atoms with Crippen molar-refractivity contribution in [3.8, 4) is 22.8 Å². The van der Waals surface area contributed by atoms with Gasteiger partial charge in [-0.25, -0.2) is 9.03 Å². The molecule has 0 saturated carbocycles. The van der Waals surface area contributed by atoms with Gasteiger partial charge in [-0.3, -0.25) is 32.7 Å². The number of anilines is 1. The molecule has 88 heavy (non-hydrogen) atoms. The molecule has 2 aliphatic heterocycles. The number of benzene rings is 5. The Labute approximate surface area is 519 Å². The molecule has 440 valence electrons. The van der Waals surface area contributed by atoms with E-state index in [0.717, 1.165) is 39.4 Å². The number of fused-ring (bicyclic) bond motifs is 7. The number of hydrogen-bond acceptors (Lipinski definition) is 11. The van der Waals surface area contributed by atoms with Crippen LogP contribution in [0.15, 0.2) is 171 Å². The SMILES string of the molecule is CNc1nnc2cc(-n3c(=O)c4c(n5ncc(Cc6ccc(Cn7cnnc7-c7ccc(-n8c(=O)c9c(n%10ncc(Cc%11ccccc%11)c8%10)CN(C(=O)c8ccc(Br)c(C(F)(F)F)c8)CC9)cc7)cc6)c35)CN(C(=O)c3ccc(Br)c(Cl)c3)CC4)ccn12. The van der Waals surface area contributed by atoms with Gasteiger partial charge in [0.15, 0.2) is 11.5 Å². The Kier molecular flexibility index (Phi) is 14.3.